The number of hydrogen-bond acceptors (Lipinski definition) is 3. The summed E-state index contributed by atoms with van der Waals surface area (Å²) in [4.78, 5) is 2.49. The summed E-state index contributed by atoms with van der Waals surface area (Å²) in [6.45, 7) is 8.93. The number of benzene rings is 2. The lowest BCUT2D eigenvalue weighted by molar-refractivity contribution is -0.0301. The third-order valence-electron chi connectivity index (χ3n) is 4.60. The summed E-state index contributed by atoms with van der Waals surface area (Å²) in [5, 5.41) is 0. The highest BCUT2D eigenvalue weighted by Crippen LogP contribution is 2.28. The molecule has 1 aliphatic rings. The van der Waals surface area contributed by atoms with Gasteiger partial charge in [-0.3, -0.25) is 4.90 Å². The summed E-state index contributed by atoms with van der Waals surface area (Å²) in [5.41, 5.74) is 3.67. The molecule has 1 saturated heterocycles. The van der Waals surface area contributed by atoms with Gasteiger partial charge in [-0.2, -0.15) is 0 Å². The van der Waals surface area contributed by atoms with Crippen LogP contribution in [0.15, 0.2) is 46.9 Å². The first-order valence-electron chi connectivity index (χ1n) is 8.97. The molecule has 3 nitrogen and oxygen atoms in total. The predicted molar refractivity (Wildman–Crippen MR) is 105 cm³/mol. The number of nitrogens with zero attached hydrogens (tertiary/aromatic N) is 1. The largest absolute Gasteiger partial charge is 0.489 e. The molecule has 0 N–H and O–H groups in total. The van der Waals surface area contributed by atoms with Gasteiger partial charge in [0.05, 0.1) is 12.7 Å². The van der Waals surface area contributed by atoms with Crippen LogP contribution in [0.2, 0.25) is 0 Å². The summed E-state index contributed by atoms with van der Waals surface area (Å²) < 4.78 is 13.0. The topological polar surface area (TPSA) is 21.7 Å². The van der Waals surface area contributed by atoms with Gasteiger partial charge in [-0.05, 0) is 60.8 Å². The van der Waals surface area contributed by atoms with Crippen LogP contribution in [-0.4, -0.2) is 31.1 Å². The van der Waals surface area contributed by atoms with E-state index in [4.69, 9.17) is 9.47 Å². The molecule has 0 radical (unpaired) electrons. The van der Waals surface area contributed by atoms with Gasteiger partial charge in [0.2, 0.25) is 0 Å². The Kier molecular flexibility index (Phi) is 6.51. The van der Waals surface area contributed by atoms with E-state index in [1.54, 1.807) is 0 Å². The van der Waals surface area contributed by atoms with Gasteiger partial charge in [0.1, 0.15) is 12.4 Å². The minimum atomic E-state index is 0.167. The molecular formula is C21H26BrNO2. The number of ether oxygens (including phenoxy) is 2. The Morgan fingerprint density at radius 2 is 2.00 bits per heavy atom. The van der Waals surface area contributed by atoms with Gasteiger partial charge in [0.25, 0.3) is 0 Å². The zero-order valence-corrected chi connectivity index (χ0v) is 16.6. The van der Waals surface area contributed by atoms with Crippen LogP contribution in [-0.2, 0) is 11.3 Å². The van der Waals surface area contributed by atoms with Crippen LogP contribution in [0.5, 0.6) is 5.75 Å². The first-order chi connectivity index (χ1) is 12.2. The van der Waals surface area contributed by atoms with Crippen molar-refractivity contribution in [1.29, 1.82) is 0 Å². The Labute approximate surface area is 159 Å². The standard InChI is InChI=1S/C21H26BrNO2/c1-3-10-23-11-12-24-21(14-23)20-9-8-19(13-16(20)2)25-15-17-4-6-18(22)7-5-17/h4-9,13,21H,3,10-12,14-15H2,1-2H3. The number of hydrogen-bond donors (Lipinski definition) is 0. The molecule has 134 valence electrons. The molecule has 1 fully saturated rings. The van der Waals surface area contributed by atoms with Crippen molar-refractivity contribution in [3.63, 3.8) is 0 Å². The van der Waals surface area contributed by atoms with Gasteiger partial charge in [-0.25, -0.2) is 0 Å². The number of rotatable bonds is 6. The maximum atomic E-state index is 6.01. The van der Waals surface area contributed by atoms with Crippen LogP contribution in [0.4, 0.5) is 0 Å². The van der Waals surface area contributed by atoms with E-state index in [0.29, 0.717) is 6.61 Å². The Bertz CT molecular complexity index is 685. The Balaban J connectivity index is 1.63. The molecule has 25 heavy (non-hydrogen) atoms. The summed E-state index contributed by atoms with van der Waals surface area (Å²) in [5.74, 6) is 0.908. The molecule has 0 bridgehead atoms. The monoisotopic (exact) mass is 403 g/mol. The normalized spacial score (nSPS) is 18.3. The smallest absolute Gasteiger partial charge is 0.120 e. The van der Waals surface area contributed by atoms with Crippen LogP contribution in [0.25, 0.3) is 0 Å². The predicted octanol–water partition coefficient (Wildman–Crippen LogP) is 5.12. The van der Waals surface area contributed by atoms with Crippen LogP contribution >= 0.6 is 15.9 Å². The van der Waals surface area contributed by atoms with Crippen molar-refractivity contribution in [2.45, 2.75) is 33.0 Å². The lowest BCUT2D eigenvalue weighted by atomic mass is 10.0. The quantitative estimate of drug-likeness (QED) is 0.667. The number of halogens is 1. The second-order valence-electron chi connectivity index (χ2n) is 6.59. The van der Waals surface area contributed by atoms with Crippen molar-refractivity contribution in [3.8, 4) is 5.75 Å². The molecular weight excluding hydrogens is 378 g/mol. The van der Waals surface area contributed by atoms with E-state index in [-0.39, 0.29) is 6.10 Å². The molecule has 1 aliphatic heterocycles. The second kappa shape index (κ2) is 8.84. The summed E-state index contributed by atoms with van der Waals surface area (Å²) in [6, 6.07) is 14.6. The van der Waals surface area contributed by atoms with Gasteiger partial charge in [0.15, 0.2) is 0 Å². The zero-order chi connectivity index (χ0) is 17.6. The maximum Gasteiger partial charge on any atom is 0.120 e. The minimum absolute atomic E-state index is 0.167. The third kappa shape index (κ3) is 5.06. The highest BCUT2D eigenvalue weighted by molar-refractivity contribution is 9.10. The molecule has 0 saturated carbocycles. The highest BCUT2D eigenvalue weighted by atomic mass is 79.9. The molecule has 0 aromatic heterocycles. The molecule has 0 aliphatic carbocycles. The van der Waals surface area contributed by atoms with Crippen molar-refractivity contribution >= 4 is 15.9 Å². The fourth-order valence-electron chi connectivity index (χ4n) is 3.26. The van der Waals surface area contributed by atoms with Crippen molar-refractivity contribution in [1.82, 2.24) is 4.90 Å². The van der Waals surface area contributed by atoms with Gasteiger partial charge >= 0.3 is 0 Å². The van der Waals surface area contributed by atoms with Crippen LogP contribution < -0.4 is 4.74 Å². The highest BCUT2D eigenvalue weighted by Gasteiger charge is 2.22. The van der Waals surface area contributed by atoms with Crippen molar-refractivity contribution < 1.29 is 9.47 Å². The van der Waals surface area contributed by atoms with Crippen molar-refractivity contribution in [2.24, 2.45) is 0 Å². The lowest BCUT2D eigenvalue weighted by Crippen LogP contribution is -2.38. The number of morpholine rings is 1. The van der Waals surface area contributed by atoms with E-state index in [9.17, 15) is 0 Å². The molecule has 4 heteroatoms. The maximum absolute atomic E-state index is 6.01. The van der Waals surface area contributed by atoms with E-state index in [1.165, 1.54) is 17.5 Å². The summed E-state index contributed by atoms with van der Waals surface area (Å²) >= 11 is 3.45. The minimum Gasteiger partial charge on any atom is -0.489 e. The molecule has 0 amide bonds. The molecule has 1 unspecified atom stereocenters. The fourth-order valence-corrected chi connectivity index (χ4v) is 3.52. The van der Waals surface area contributed by atoms with Gasteiger partial charge in [-0.1, -0.05) is 41.1 Å². The fraction of sp³-hybridized carbons (Fsp3) is 0.429. The average Bonchev–Trinajstić information content (AvgIpc) is 2.62. The molecule has 3 rings (SSSR count). The van der Waals surface area contributed by atoms with Gasteiger partial charge < -0.3 is 9.47 Å². The first kappa shape index (κ1) is 18.4. The molecule has 0 spiro atoms. The van der Waals surface area contributed by atoms with E-state index >= 15 is 0 Å². The lowest BCUT2D eigenvalue weighted by Gasteiger charge is -2.33. The van der Waals surface area contributed by atoms with Crippen molar-refractivity contribution in [2.75, 3.05) is 26.2 Å². The summed E-state index contributed by atoms with van der Waals surface area (Å²) in [7, 11) is 0. The van der Waals surface area contributed by atoms with Crippen LogP contribution in [0.3, 0.4) is 0 Å². The Hall–Kier alpha value is -1.36. The van der Waals surface area contributed by atoms with E-state index in [2.05, 4.69) is 65.0 Å². The first-order valence-corrected chi connectivity index (χ1v) is 9.76. The van der Waals surface area contributed by atoms with Crippen LogP contribution in [0, 0.1) is 6.92 Å². The van der Waals surface area contributed by atoms with E-state index in [0.717, 1.165) is 42.0 Å². The molecule has 2 aromatic rings. The second-order valence-corrected chi connectivity index (χ2v) is 7.51. The van der Waals surface area contributed by atoms with Crippen molar-refractivity contribution in [3.05, 3.63) is 63.6 Å². The molecule has 2 aromatic carbocycles. The zero-order valence-electron chi connectivity index (χ0n) is 15.0. The SMILES string of the molecule is CCCN1CCOC(c2ccc(OCc3ccc(Br)cc3)cc2C)C1. The van der Waals surface area contributed by atoms with E-state index < -0.39 is 0 Å². The molecule has 1 heterocycles. The van der Waals surface area contributed by atoms with E-state index in [1.807, 2.05) is 12.1 Å². The average molecular weight is 404 g/mol. The number of aryl methyl sites for hydroxylation is 1. The van der Waals surface area contributed by atoms with Crippen LogP contribution in [0.1, 0.15) is 36.1 Å². The molecule has 1 atom stereocenters. The van der Waals surface area contributed by atoms with Gasteiger partial charge in [-0.15, -0.1) is 0 Å². The Morgan fingerprint density at radius 3 is 2.72 bits per heavy atom. The van der Waals surface area contributed by atoms with Gasteiger partial charge in [0, 0.05) is 17.6 Å². The summed E-state index contributed by atoms with van der Waals surface area (Å²) in [6.07, 6.45) is 1.36. The Morgan fingerprint density at radius 1 is 1.20 bits per heavy atom. The third-order valence-corrected chi connectivity index (χ3v) is 5.13.